The van der Waals surface area contributed by atoms with Crippen LogP contribution in [0.4, 0.5) is 39.8 Å². The SMILES string of the molecule is C(=C\c1ccc(N(c2ccc(/C=C/C=N/N(c3ccccc3)c3ccccc3)cc2)c2ccc(Oc3ccccc3)cc2)cc1)/C=N/N(c1ccccc1)c1ccccc1. The van der Waals surface area contributed by atoms with Crippen LogP contribution in [0.15, 0.2) is 247 Å². The highest BCUT2D eigenvalue weighted by Crippen LogP contribution is 2.36. The molecule has 0 amide bonds. The van der Waals surface area contributed by atoms with Crippen molar-refractivity contribution in [1.29, 1.82) is 0 Å². The van der Waals surface area contributed by atoms with Crippen molar-refractivity contribution < 1.29 is 4.74 Å². The molecule has 0 bridgehead atoms. The molecule has 0 aliphatic rings. The third-order valence-corrected chi connectivity index (χ3v) is 9.49. The topological polar surface area (TPSA) is 43.7 Å². The zero-order valence-corrected chi connectivity index (χ0v) is 33.0. The van der Waals surface area contributed by atoms with Crippen LogP contribution < -0.4 is 19.7 Å². The quantitative estimate of drug-likeness (QED) is 0.0768. The third-order valence-electron chi connectivity index (χ3n) is 9.49. The normalized spacial score (nSPS) is 11.4. The van der Waals surface area contributed by atoms with E-state index in [0.29, 0.717) is 0 Å². The minimum atomic E-state index is 0.769. The summed E-state index contributed by atoms with van der Waals surface area (Å²) in [6.07, 6.45) is 11.7. The minimum absolute atomic E-state index is 0.769. The molecule has 8 rings (SSSR count). The number of hydrogen-bond donors (Lipinski definition) is 0. The van der Waals surface area contributed by atoms with Crippen LogP contribution in [0.5, 0.6) is 11.5 Å². The second-order valence-corrected chi connectivity index (χ2v) is 13.6. The molecule has 0 aliphatic carbocycles. The Morgan fingerprint density at radius 3 is 0.950 bits per heavy atom. The Hall–Kier alpha value is -8.22. The maximum Gasteiger partial charge on any atom is 0.127 e. The van der Waals surface area contributed by atoms with Crippen LogP contribution in [0.2, 0.25) is 0 Å². The summed E-state index contributed by atoms with van der Waals surface area (Å²) in [5.41, 5.74) is 9.13. The van der Waals surface area contributed by atoms with Gasteiger partial charge in [-0.15, -0.1) is 0 Å². The van der Waals surface area contributed by atoms with Gasteiger partial charge in [0.1, 0.15) is 11.5 Å². The number of anilines is 7. The number of rotatable bonds is 15. The fourth-order valence-corrected chi connectivity index (χ4v) is 6.56. The van der Waals surface area contributed by atoms with Gasteiger partial charge in [-0.25, -0.2) is 10.0 Å². The van der Waals surface area contributed by atoms with Gasteiger partial charge in [0, 0.05) is 29.5 Å². The van der Waals surface area contributed by atoms with Crippen molar-refractivity contribution in [2.24, 2.45) is 10.2 Å². The summed E-state index contributed by atoms with van der Waals surface area (Å²) in [5.74, 6) is 1.57. The van der Waals surface area contributed by atoms with Crippen molar-refractivity contribution in [3.63, 3.8) is 0 Å². The maximum absolute atomic E-state index is 6.12. The average molecular weight is 778 g/mol. The van der Waals surface area contributed by atoms with Gasteiger partial charge in [-0.3, -0.25) is 0 Å². The number of hydrazone groups is 2. The van der Waals surface area contributed by atoms with E-state index in [4.69, 9.17) is 14.9 Å². The summed E-state index contributed by atoms with van der Waals surface area (Å²) in [7, 11) is 0. The summed E-state index contributed by atoms with van der Waals surface area (Å²) in [6.45, 7) is 0. The van der Waals surface area contributed by atoms with Crippen LogP contribution in [0.1, 0.15) is 11.1 Å². The first kappa shape index (κ1) is 38.6. The van der Waals surface area contributed by atoms with Gasteiger partial charge in [-0.1, -0.05) is 127 Å². The molecule has 0 aromatic heterocycles. The second-order valence-electron chi connectivity index (χ2n) is 13.6. The monoisotopic (exact) mass is 777 g/mol. The van der Waals surface area contributed by atoms with Crippen LogP contribution >= 0.6 is 0 Å². The average Bonchev–Trinajstić information content (AvgIpc) is 3.32. The first-order valence-electron chi connectivity index (χ1n) is 19.8. The summed E-state index contributed by atoms with van der Waals surface area (Å²) in [6, 6.07) is 75.6. The lowest BCUT2D eigenvalue weighted by atomic mass is 10.1. The largest absolute Gasteiger partial charge is 0.457 e. The van der Waals surface area contributed by atoms with Gasteiger partial charge in [0.2, 0.25) is 0 Å². The molecule has 0 heterocycles. The number of hydrogen-bond acceptors (Lipinski definition) is 6. The molecular formula is C54H43N5O. The van der Waals surface area contributed by atoms with Crippen molar-refractivity contribution >= 4 is 64.4 Å². The van der Waals surface area contributed by atoms with E-state index in [1.807, 2.05) is 150 Å². The molecule has 0 atom stereocenters. The van der Waals surface area contributed by atoms with Gasteiger partial charge < -0.3 is 9.64 Å². The second kappa shape index (κ2) is 19.8. The van der Waals surface area contributed by atoms with Gasteiger partial charge in [0.15, 0.2) is 0 Å². The summed E-state index contributed by atoms with van der Waals surface area (Å²) >= 11 is 0. The highest BCUT2D eigenvalue weighted by Gasteiger charge is 2.13. The van der Waals surface area contributed by atoms with E-state index >= 15 is 0 Å². The molecule has 8 aromatic carbocycles. The van der Waals surface area contributed by atoms with Crippen molar-refractivity contribution in [1.82, 2.24) is 0 Å². The summed E-state index contributed by atoms with van der Waals surface area (Å²) in [5, 5.41) is 13.4. The maximum atomic E-state index is 6.12. The lowest BCUT2D eigenvalue weighted by Crippen LogP contribution is -2.09. The van der Waals surface area contributed by atoms with Crippen molar-refractivity contribution in [2.45, 2.75) is 0 Å². The zero-order chi connectivity index (χ0) is 40.6. The van der Waals surface area contributed by atoms with Crippen LogP contribution in [0, 0.1) is 0 Å². The Balaban J connectivity index is 1.01. The summed E-state index contributed by atoms with van der Waals surface area (Å²) < 4.78 is 6.12. The first-order valence-corrected chi connectivity index (χ1v) is 19.8. The van der Waals surface area contributed by atoms with E-state index in [0.717, 1.165) is 62.4 Å². The predicted molar refractivity (Wildman–Crippen MR) is 253 cm³/mol. The number of ether oxygens (including phenoxy) is 1. The Bertz CT molecular complexity index is 2410. The van der Waals surface area contributed by atoms with Crippen molar-refractivity contribution in [2.75, 3.05) is 14.9 Å². The van der Waals surface area contributed by atoms with Gasteiger partial charge in [0.25, 0.3) is 0 Å². The highest BCUT2D eigenvalue weighted by molar-refractivity contribution is 5.83. The zero-order valence-electron chi connectivity index (χ0n) is 33.0. The number of benzene rings is 8. The number of para-hydroxylation sites is 5. The van der Waals surface area contributed by atoms with E-state index in [1.165, 1.54) is 0 Å². The lowest BCUT2D eigenvalue weighted by Gasteiger charge is -2.26. The molecule has 0 fully saturated rings. The molecule has 0 aliphatic heterocycles. The highest BCUT2D eigenvalue weighted by atomic mass is 16.5. The minimum Gasteiger partial charge on any atom is -0.457 e. The molecule has 0 saturated heterocycles. The molecule has 6 heteroatoms. The Morgan fingerprint density at radius 2 is 0.600 bits per heavy atom. The van der Waals surface area contributed by atoms with E-state index < -0.39 is 0 Å². The van der Waals surface area contributed by atoms with E-state index in [2.05, 4.69) is 126 Å². The number of nitrogens with zero attached hydrogens (tertiary/aromatic N) is 5. The summed E-state index contributed by atoms with van der Waals surface area (Å²) in [4.78, 5) is 2.24. The molecule has 60 heavy (non-hydrogen) atoms. The Morgan fingerprint density at radius 1 is 0.300 bits per heavy atom. The van der Waals surface area contributed by atoms with Gasteiger partial charge in [-0.2, -0.15) is 10.2 Å². The van der Waals surface area contributed by atoms with Crippen molar-refractivity contribution in [3.8, 4) is 11.5 Å². The third kappa shape index (κ3) is 10.2. The molecule has 0 saturated carbocycles. The molecule has 0 radical (unpaired) electrons. The number of allylic oxidation sites excluding steroid dienone is 2. The van der Waals surface area contributed by atoms with Crippen LogP contribution in [0.3, 0.4) is 0 Å². The van der Waals surface area contributed by atoms with Crippen LogP contribution in [0.25, 0.3) is 12.2 Å². The molecule has 8 aromatic rings. The van der Waals surface area contributed by atoms with E-state index in [-0.39, 0.29) is 0 Å². The Kier molecular flexibility index (Phi) is 12.7. The predicted octanol–water partition coefficient (Wildman–Crippen LogP) is 14.6. The lowest BCUT2D eigenvalue weighted by molar-refractivity contribution is 0.483. The Labute approximate surface area is 352 Å². The molecule has 0 unspecified atom stereocenters. The van der Waals surface area contributed by atoms with E-state index in [1.54, 1.807) is 0 Å². The standard InChI is InChI=1S/C54H43N5O/c1-6-20-49(21-7-1)58(50-22-8-2-9-23-50)55-42-16-18-44-30-34-46(35-31-44)57(48-38-40-54(41-39-48)60-53-28-14-5-15-29-53)47-36-32-45(33-37-47)19-17-43-56-59(51-24-10-3-11-25-51)52-26-12-4-13-27-52/h1-43H/b18-16+,19-17+,55-42+,56-43+. The molecule has 6 nitrogen and oxygen atoms in total. The van der Waals surface area contributed by atoms with Gasteiger partial charge >= 0.3 is 0 Å². The molecule has 0 spiro atoms. The van der Waals surface area contributed by atoms with Crippen LogP contribution in [-0.4, -0.2) is 12.4 Å². The first-order chi connectivity index (χ1) is 29.8. The molecule has 0 N–H and O–H groups in total. The van der Waals surface area contributed by atoms with Crippen molar-refractivity contribution in [3.05, 3.63) is 248 Å². The van der Waals surface area contributed by atoms with Gasteiger partial charge in [-0.05, 0) is 132 Å². The van der Waals surface area contributed by atoms with E-state index in [9.17, 15) is 0 Å². The molecule has 290 valence electrons. The smallest absolute Gasteiger partial charge is 0.127 e. The molecular weight excluding hydrogens is 735 g/mol. The van der Waals surface area contributed by atoms with Crippen LogP contribution in [-0.2, 0) is 0 Å². The fraction of sp³-hybridized carbons (Fsp3) is 0. The fourth-order valence-electron chi connectivity index (χ4n) is 6.56. The van der Waals surface area contributed by atoms with Gasteiger partial charge in [0.05, 0.1) is 22.7 Å².